The molecule has 0 saturated carbocycles. The van der Waals surface area contributed by atoms with Crippen LogP contribution in [0.2, 0.25) is 0 Å². The van der Waals surface area contributed by atoms with Crippen molar-refractivity contribution in [1.29, 1.82) is 0 Å². The number of aromatic nitrogens is 2. The summed E-state index contributed by atoms with van der Waals surface area (Å²) in [7, 11) is 0. The molecule has 1 amide bonds. The number of hydrogen-bond donors (Lipinski definition) is 0. The summed E-state index contributed by atoms with van der Waals surface area (Å²) in [5.41, 5.74) is 7.74. The van der Waals surface area contributed by atoms with E-state index in [0.29, 0.717) is 26.1 Å². The molecule has 0 bridgehead atoms. The Morgan fingerprint density at radius 1 is 1.06 bits per heavy atom. The summed E-state index contributed by atoms with van der Waals surface area (Å²) in [5.74, 6) is 0.593. The fraction of sp³-hybridized carbons (Fsp3) is 0.308. The van der Waals surface area contributed by atoms with Crippen LogP contribution in [0.25, 0.3) is 0 Å². The molecule has 1 atom stereocenters. The molecule has 5 heterocycles. The van der Waals surface area contributed by atoms with Crippen LogP contribution in [-0.4, -0.2) is 45.6 Å². The van der Waals surface area contributed by atoms with Crippen LogP contribution in [0.5, 0.6) is 0 Å². The van der Waals surface area contributed by atoms with Crippen LogP contribution in [0.15, 0.2) is 53.8 Å². The SMILES string of the molecule is Cc1cc(C2=NCc3cc4c(cc32)CN([C@@H]2CCN(c3ccc(F)cn3)C2)C(=O)C4)ccn1. The van der Waals surface area contributed by atoms with E-state index >= 15 is 0 Å². The number of carbonyl (C=O) groups is 1. The molecule has 33 heavy (non-hydrogen) atoms. The average molecular weight is 442 g/mol. The molecule has 166 valence electrons. The second-order valence-corrected chi connectivity index (χ2v) is 9.05. The second kappa shape index (κ2) is 7.76. The monoisotopic (exact) mass is 441 g/mol. The van der Waals surface area contributed by atoms with E-state index in [0.717, 1.165) is 46.9 Å². The summed E-state index contributed by atoms with van der Waals surface area (Å²) in [6.07, 6.45) is 4.38. The number of amides is 1. The van der Waals surface area contributed by atoms with Crippen molar-refractivity contribution in [3.63, 3.8) is 0 Å². The standard InChI is InChI=1S/C26H24FN5O/c1-16-8-17(4-6-28-16)26-23-10-20-14-32(25(33)11-18(20)9-19(23)12-30-26)22-5-7-31(15-22)24-3-2-21(27)13-29-24/h2-4,6,8-10,13,22H,5,7,11-12,14-15H2,1H3/t22-/m1/s1. The zero-order valence-electron chi connectivity index (χ0n) is 18.5. The number of aryl methyl sites for hydroxylation is 1. The molecule has 2 aromatic heterocycles. The van der Waals surface area contributed by atoms with Gasteiger partial charge in [0.05, 0.1) is 30.9 Å². The Morgan fingerprint density at radius 2 is 1.97 bits per heavy atom. The number of fused-ring (bicyclic) bond motifs is 2. The summed E-state index contributed by atoms with van der Waals surface area (Å²) in [5, 5.41) is 0. The first-order valence-corrected chi connectivity index (χ1v) is 11.3. The van der Waals surface area contributed by atoms with Crippen molar-refractivity contribution in [3.8, 4) is 0 Å². The van der Waals surface area contributed by atoms with Crippen LogP contribution in [0, 0.1) is 12.7 Å². The molecule has 1 saturated heterocycles. The van der Waals surface area contributed by atoms with Crippen LogP contribution in [0.1, 0.15) is 39.9 Å². The molecule has 0 radical (unpaired) electrons. The van der Waals surface area contributed by atoms with Crippen molar-refractivity contribution in [2.75, 3.05) is 18.0 Å². The van der Waals surface area contributed by atoms with Gasteiger partial charge in [-0.15, -0.1) is 0 Å². The Balaban J connectivity index is 1.25. The van der Waals surface area contributed by atoms with E-state index in [4.69, 9.17) is 4.99 Å². The first-order chi connectivity index (χ1) is 16.0. The molecule has 6 rings (SSSR count). The number of benzene rings is 1. The Kier molecular flexibility index (Phi) is 4.71. The van der Waals surface area contributed by atoms with Gasteiger partial charge in [-0.05, 0) is 60.4 Å². The van der Waals surface area contributed by atoms with Crippen LogP contribution < -0.4 is 4.90 Å². The highest BCUT2D eigenvalue weighted by atomic mass is 19.1. The predicted molar refractivity (Wildman–Crippen MR) is 124 cm³/mol. The van der Waals surface area contributed by atoms with Crippen LogP contribution >= 0.6 is 0 Å². The Labute approximate surface area is 191 Å². The summed E-state index contributed by atoms with van der Waals surface area (Å²) < 4.78 is 13.2. The maximum atomic E-state index is 13.2. The molecule has 0 unspecified atom stereocenters. The molecule has 0 N–H and O–H groups in total. The summed E-state index contributed by atoms with van der Waals surface area (Å²) in [6.45, 7) is 4.78. The van der Waals surface area contributed by atoms with Gasteiger partial charge in [-0.25, -0.2) is 9.37 Å². The third kappa shape index (κ3) is 3.57. The highest BCUT2D eigenvalue weighted by Gasteiger charge is 2.35. The minimum Gasteiger partial charge on any atom is -0.354 e. The van der Waals surface area contributed by atoms with Crippen LogP contribution in [-0.2, 0) is 24.3 Å². The van der Waals surface area contributed by atoms with E-state index in [1.54, 1.807) is 6.07 Å². The summed E-state index contributed by atoms with van der Waals surface area (Å²) >= 11 is 0. The van der Waals surface area contributed by atoms with Gasteiger partial charge in [-0.2, -0.15) is 0 Å². The first kappa shape index (κ1) is 20.0. The molecule has 7 heteroatoms. The molecular formula is C26H24FN5O. The van der Waals surface area contributed by atoms with E-state index in [1.807, 2.05) is 24.1 Å². The third-order valence-corrected chi connectivity index (χ3v) is 6.90. The van der Waals surface area contributed by atoms with E-state index in [-0.39, 0.29) is 17.8 Å². The Hall–Kier alpha value is -3.61. The molecule has 0 aliphatic carbocycles. The number of halogens is 1. The molecule has 3 aliphatic heterocycles. The maximum Gasteiger partial charge on any atom is 0.227 e. The lowest BCUT2D eigenvalue weighted by Gasteiger charge is -2.34. The number of rotatable bonds is 3. The van der Waals surface area contributed by atoms with Crippen molar-refractivity contribution in [1.82, 2.24) is 14.9 Å². The fourth-order valence-electron chi connectivity index (χ4n) is 5.22. The molecule has 1 aromatic carbocycles. The normalized spacial score (nSPS) is 19.5. The highest BCUT2D eigenvalue weighted by Crippen LogP contribution is 2.32. The topological polar surface area (TPSA) is 61.7 Å². The number of carbonyl (C=O) groups excluding carboxylic acids is 1. The predicted octanol–water partition coefficient (Wildman–Crippen LogP) is 3.44. The summed E-state index contributed by atoms with van der Waals surface area (Å²) in [4.78, 5) is 30.5. The van der Waals surface area contributed by atoms with E-state index in [2.05, 4.69) is 33.1 Å². The fourth-order valence-corrected chi connectivity index (χ4v) is 5.22. The number of pyridine rings is 2. The first-order valence-electron chi connectivity index (χ1n) is 11.3. The average Bonchev–Trinajstić information content (AvgIpc) is 3.45. The zero-order chi connectivity index (χ0) is 22.5. The Bertz CT molecular complexity index is 1290. The summed E-state index contributed by atoms with van der Waals surface area (Å²) in [6, 6.07) is 11.8. The van der Waals surface area contributed by atoms with Crippen molar-refractivity contribution < 1.29 is 9.18 Å². The molecule has 0 spiro atoms. The maximum absolute atomic E-state index is 13.2. The molecule has 3 aromatic rings. The van der Waals surface area contributed by atoms with Gasteiger partial charge in [0.25, 0.3) is 0 Å². The van der Waals surface area contributed by atoms with Gasteiger partial charge in [0.2, 0.25) is 5.91 Å². The van der Waals surface area contributed by atoms with Gasteiger partial charge in [-0.3, -0.25) is 14.8 Å². The third-order valence-electron chi connectivity index (χ3n) is 6.90. The van der Waals surface area contributed by atoms with Gasteiger partial charge in [0, 0.05) is 42.7 Å². The molecular weight excluding hydrogens is 417 g/mol. The van der Waals surface area contributed by atoms with E-state index in [1.165, 1.54) is 23.4 Å². The largest absolute Gasteiger partial charge is 0.354 e. The van der Waals surface area contributed by atoms with Crippen molar-refractivity contribution in [2.24, 2.45) is 4.99 Å². The van der Waals surface area contributed by atoms with Crippen LogP contribution in [0.4, 0.5) is 10.2 Å². The highest BCUT2D eigenvalue weighted by molar-refractivity contribution is 6.15. The lowest BCUT2D eigenvalue weighted by molar-refractivity contribution is -0.134. The van der Waals surface area contributed by atoms with Crippen molar-refractivity contribution in [3.05, 3.63) is 88.1 Å². The lowest BCUT2D eigenvalue weighted by Crippen LogP contribution is -2.45. The van der Waals surface area contributed by atoms with Crippen molar-refractivity contribution >= 4 is 17.4 Å². The van der Waals surface area contributed by atoms with E-state index in [9.17, 15) is 9.18 Å². The zero-order valence-corrected chi connectivity index (χ0v) is 18.5. The smallest absolute Gasteiger partial charge is 0.227 e. The molecule has 1 fully saturated rings. The van der Waals surface area contributed by atoms with Gasteiger partial charge in [0.1, 0.15) is 11.6 Å². The minimum atomic E-state index is -0.338. The number of nitrogens with zero attached hydrogens (tertiary/aromatic N) is 5. The Morgan fingerprint density at radius 3 is 2.79 bits per heavy atom. The molecule has 6 nitrogen and oxygen atoms in total. The number of hydrogen-bond acceptors (Lipinski definition) is 5. The number of aliphatic imine (C=N–C) groups is 1. The van der Waals surface area contributed by atoms with Gasteiger partial charge < -0.3 is 9.80 Å². The number of anilines is 1. The van der Waals surface area contributed by atoms with Gasteiger partial charge in [-0.1, -0.05) is 6.07 Å². The second-order valence-electron chi connectivity index (χ2n) is 9.05. The van der Waals surface area contributed by atoms with Gasteiger partial charge >= 0.3 is 0 Å². The quantitative estimate of drug-likeness (QED) is 0.625. The molecule has 3 aliphatic rings. The van der Waals surface area contributed by atoms with E-state index < -0.39 is 0 Å². The lowest BCUT2D eigenvalue weighted by atomic mass is 9.90. The van der Waals surface area contributed by atoms with Gasteiger partial charge in [0.15, 0.2) is 0 Å². The van der Waals surface area contributed by atoms with Crippen LogP contribution in [0.3, 0.4) is 0 Å². The van der Waals surface area contributed by atoms with Crippen molar-refractivity contribution in [2.45, 2.75) is 38.9 Å². The minimum absolute atomic E-state index is 0.127.